The second-order valence-corrected chi connectivity index (χ2v) is 11.3. The summed E-state index contributed by atoms with van der Waals surface area (Å²) in [5, 5.41) is 15.3. The minimum atomic E-state index is -4.53. The van der Waals surface area contributed by atoms with Gasteiger partial charge in [-0.3, -0.25) is 4.79 Å². The summed E-state index contributed by atoms with van der Waals surface area (Å²) >= 11 is 5.68. The number of nitrogens with zero attached hydrogens (tertiary/aromatic N) is 5. The highest BCUT2D eigenvalue weighted by Crippen LogP contribution is 2.32. The first-order valence-electron chi connectivity index (χ1n) is 14.2. The van der Waals surface area contributed by atoms with Gasteiger partial charge in [0, 0.05) is 63.0 Å². The second kappa shape index (κ2) is 14.7. The number of hydrogen-bond donors (Lipinski definition) is 2. The van der Waals surface area contributed by atoms with Gasteiger partial charge in [-0.2, -0.15) is 18.4 Å². The summed E-state index contributed by atoms with van der Waals surface area (Å²) in [4.78, 5) is 20.8. The largest absolute Gasteiger partial charge is 0.416 e. The molecule has 0 aliphatic rings. The van der Waals surface area contributed by atoms with Gasteiger partial charge in [-0.25, -0.2) is 4.98 Å². The predicted molar refractivity (Wildman–Crippen MR) is 173 cm³/mol. The first-order chi connectivity index (χ1) is 21.4. The fourth-order valence-corrected chi connectivity index (χ4v) is 5.05. The lowest BCUT2D eigenvalue weighted by Crippen LogP contribution is -2.46. The molecular formula is C33H34F3N7OS. The molecule has 0 radical (unpaired) electrons. The molecule has 0 fully saturated rings. The standard InChI is InChI=1S/C33H34F3N7OS/c1-23(39-31(44)16-29-18-38-22-43(29)20-25-10-8-24(17-37)9-11-25)19-42(21-26-6-4-5-7-30(26)33(34,35)36)32(45)40-27-12-14-28(15-13-27)41(2)3/h4-15,18,22-23H,16,19-21H2,1-3H3,(H,39,44)(H,40,45)/t23-/m0/s1. The lowest BCUT2D eigenvalue weighted by atomic mass is 10.1. The van der Waals surface area contributed by atoms with Crippen molar-refractivity contribution in [3.8, 4) is 6.07 Å². The number of amides is 1. The van der Waals surface area contributed by atoms with Crippen LogP contribution in [0.15, 0.2) is 85.3 Å². The molecule has 3 aromatic carbocycles. The van der Waals surface area contributed by atoms with Gasteiger partial charge in [0.2, 0.25) is 5.91 Å². The molecule has 1 amide bonds. The van der Waals surface area contributed by atoms with E-state index in [4.69, 9.17) is 17.5 Å². The molecule has 0 saturated heterocycles. The molecule has 1 heterocycles. The molecule has 1 aromatic heterocycles. The summed E-state index contributed by atoms with van der Waals surface area (Å²) in [6.45, 7) is 2.30. The van der Waals surface area contributed by atoms with Crippen molar-refractivity contribution in [3.05, 3.63) is 113 Å². The highest BCUT2D eigenvalue weighted by Gasteiger charge is 2.33. The van der Waals surface area contributed by atoms with Crippen molar-refractivity contribution < 1.29 is 18.0 Å². The number of nitriles is 1. The van der Waals surface area contributed by atoms with Crippen LogP contribution < -0.4 is 15.5 Å². The first-order valence-corrected chi connectivity index (χ1v) is 14.6. The van der Waals surface area contributed by atoms with E-state index in [0.717, 1.165) is 17.3 Å². The third-order valence-corrected chi connectivity index (χ3v) is 7.44. The van der Waals surface area contributed by atoms with Crippen LogP contribution in [0.25, 0.3) is 0 Å². The molecule has 4 rings (SSSR count). The van der Waals surface area contributed by atoms with Gasteiger partial charge in [0.1, 0.15) is 0 Å². The molecule has 234 valence electrons. The van der Waals surface area contributed by atoms with Crippen LogP contribution in [-0.2, 0) is 30.5 Å². The van der Waals surface area contributed by atoms with Gasteiger partial charge in [-0.05, 0) is 72.7 Å². The number of hydrogen-bond acceptors (Lipinski definition) is 5. The number of carbonyl (C=O) groups is 1. The Morgan fingerprint density at radius 3 is 2.40 bits per heavy atom. The van der Waals surface area contributed by atoms with E-state index in [0.29, 0.717) is 23.5 Å². The monoisotopic (exact) mass is 633 g/mol. The number of carbonyl (C=O) groups excluding carboxylic acids is 1. The first kappa shape index (κ1) is 33.0. The van der Waals surface area contributed by atoms with Crippen LogP contribution in [-0.4, -0.2) is 52.2 Å². The third kappa shape index (κ3) is 9.30. The van der Waals surface area contributed by atoms with E-state index in [-0.39, 0.29) is 36.1 Å². The van der Waals surface area contributed by atoms with Crippen LogP contribution in [0.4, 0.5) is 24.5 Å². The topological polar surface area (TPSA) is 89.2 Å². The van der Waals surface area contributed by atoms with Crippen molar-refractivity contribution in [1.82, 2.24) is 19.8 Å². The summed E-state index contributed by atoms with van der Waals surface area (Å²) in [7, 11) is 3.84. The molecule has 1 atom stereocenters. The number of thiocarbonyl (C=S) groups is 1. The predicted octanol–water partition coefficient (Wildman–Crippen LogP) is 5.83. The molecule has 12 heteroatoms. The maximum atomic E-state index is 13.8. The lowest BCUT2D eigenvalue weighted by molar-refractivity contribution is -0.138. The number of rotatable bonds is 11. The Balaban J connectivity index is 1.45. The number of imidazole rings is 1. The summed E-state index contributed by atoms with van der Waals surface area (Å²) in [5.41, 5.74) is 3.21. The fourth-order valence-electron chi connectivity index (χ4n) is 4.79. The van der Waals surface area contributed by atoms with E-state index in [1.54, 1.807) is 42.5 Å². The van der Waals surface area contributed by atoms with Crippen LogP contribution in [0, 0.1) is 11.3 Å². The highest BCUT2D eigenvalue weighted by molar-refractivity contribution is 7.80. The van der Waals surface area contributed by atoms with E-state index >= 15 is 0 Å². The van der Waals surface area contributed by atoms with Crippen LogP contribution in [0.5, 0.6) is 0 Å². The fraction of sp³-hybridized carbons (Fsp3) is 0.273. The Kier molecular flexibility index (Phi) is 10.8. The van der Waals surface area contributed by atoms with Crippen molar-refractivity contribution in [3.63, 3.8) is 0 Å². The Morgan fingerprint density at radius 1 is 1.07 bits per heavy atom. The van der Waals surface area contributed by atoms with E-state index in [1.807, 2.05) is 60.0 Å². The van der Waals surface area contributed by atoms with Gasteiger partial charge in [0.05, 0.1) is 29.9 Å². The zero-order valence-electron chi connectivity index (χ0n) is 25.2. The number of halogens is 3. The lowest BCUT2D eigenvalue weighted by Gasteiger charge is -2.30. The van der Waals surface area contributed by atoms with Crippen molar-refractivity contribution in [2.24, 2.45) is 0 Å². The Bertz CT molecular complexity index is 1640. The van der Waals surface area contributed by atoms with Gasteiger partial charge in [-0.1, -0.05) is 30.3 Å². The molecule has 45 heavy (non-hydrogen) atoms. The quantitative estimate of drug-likeness (QED) is 0.201. The van der Waals surface area contributed by atoms with Gasteiger partial charge >= 0.3 is 6.18 Å². The highest BCUT2D eigenvalue weighted by atomic mass is 32.1. The maximum absolute atomic E-state index is 13.8. The number of aromatic nitrogens is 2. The normalized spacial score (nSPS) is 11.8. The van der Waals surface area contributed by atoms with Gasteiger partial charge in [0.15, 0.2) is 5.11 Å². The summed E-state index contributed by atoms with van der Waals surface area (Å²) < 4.78 is 43.3. The van der Waals surface area contributed by atoms with Crippen molar-refractivity contribution in [2.75, 3.05) is 30.9 Å². The third-order valence-electron chi connectivity index (χ3n) is 7.08. The van der Waals surface area contributed by atoms with E-state index in [9.17, 15) is 18.0 Å². The number of alkyl halides is 3. The smallest absolute Gasteiger partial charge is 0.378 e. The SMILES string of the molecule is C[C@@H](CN(Cc1ccccc1C(F)(F)F)C(=S)Nc1ccc(N(C)C)cc1)NC(=O)Cc1cncn1Cc1ccc(C#N)cc1. The minimum Gasteiger partial charge on any atom is -0.378 e. The molecule has 0 unspecified atom stereocenters. The Labute approximate surface area is 266 Å². The van der Waals surface area contributed by atoms with Crippen LogP contribution in [0.3, 0.4) is 0 Å². The number of nitrogens with one attached hydrogen (secondary N) is 2. The number of benzene rings is 3. The molecule has 8 nitrogen and oxygen atoms in total. The van der Waals surface area contributed by atoms with Gasteiger partial charge < -0.3 is 25.0 Å². The van der Waals surface area contributed by atoms with Crippen LogP contribution in [0.2, 0.25) is 0 Å². The van der Waals surface area contributed by atoms with Gasteiger partial charge in [0.25, 0.3) is 0 Å². The van der Waals surface area contributed by atoms with Gasteiger partial charge in [-0.15, -0.1) is 0 Å². The zero-order chi connectivity index (χ0) is 32.6. The Morgan fingerprint density at radius 2 is 1.76 bits per heavy atom. The summed E-state index contributed by atoms with van der Waals surface area (Å²) in [6, 6.07) is 21.7. The average molecular weight is 634 g/mol. The number of anilines is 2. The molecule has 0 aliphatic carbocycles. The minimum absolute atomic E-state index is 0.0540. The van der Waals surface area contributed by atoms with E-state index < -0.39 is 17.8 Å². The molecule has 0 saturated carbocycles. The molecule has 0 spiro atoms. The van der Waals surface area contributed by atoms with Crippen LogP contribution in [0.1, 0.15) is 34.9 Å². The van der Waals surface area contributed by atoms with Crippen LogP contribution >= 0.6 is 12.2 Å². The summed E-state index contributed by atoms with van der Waals surface area (Å²) in [6.07, 6.45) is -1.22. The molecule has 4 aromatic rings. The Hall–Kier alpha value is -4.89. The molecule has 0 aliphatic heterocycles. The molecule has 0 bridgehead atoms. The second-order valence-electron chi connectivity index (χ2n) is 10.9. The molecule has 2 N–H and O–H groups in total. The maximum Gasteiger partial charge on any atom is 0.416 e. The van der Waals surface area contributed by atoms with Crippen molar-refractivity contribution in [1.29, 1.82) is 5.26 Å². The zero-order valence-corrected chi connectivity index (χ0v) is 26.0. The molecular weight excluding hydrogens is 599 g/mol. The van der Waals surface area contributed by atoms with Crippen molar-refractivity contribution in [2.45, 2.75) is 38.7 Å². The average Bonchev–Trinajstić information content (AvgIpc) is 3.42. The summed E-state index contributed by atoms with van der Waals surface area (Å²) in [5.74, 6) is -0.266. The van der Waals surface area contributed by atoms with E-state index in [2.05, 4.69) is 21.7 Å². The van der Waals surface area contributed by atoms with Crippen molar-refractivity contribution >= 4 is 34.6 Å². The van der Waals surface area contributed by atoms with E-state index in [1.165, 1.54) is 12.1 Å².